The first-order valence-electron chi connectivity index (χ1n) is 18.2. The normalized spacial score (nSPS) is 12.3. The van der Waals surface area contributed by atoms with E-state index in [1.165, 1.54) is 27.5 Å². The number of pyridine rings is 1. The molecule has 0 spiro atoms. The van der Waals surface area contributed by atoms with Crippen molar-refractivity contribution >= 4 is 44.9 Å². The van der Waals surface area contributed by atoms with Crippen molar-refractivity contribution in [1.29, 1.82) is 0 Å². The van der Waals surface area contributed by atoms with E-state index in [0.717, 1.165) is 84.3 Å². The monoisotopic (exact) mass is 886 g/mol. The number of hydrogen-bond acceptors (Lipinski definition) is 4. The van der Waals surface area contributed by atoms with Crippen molar-refractivity contribution < 1.29 is 30.5 Å². The molecule has 0 aliphatic carbocycles. The number of nitrogens with zero attached hydrogens (tertiary/aromatic N) is 3. The van der Waals surface area contributed by atoms with E-state index in [9.17, 15) is 0 Å². The van der Waals surface area contributed by atoms with Crippen LogP contribution in [0.1, 0.15) is 11.1 Å². The van der Waals surface area contributed by atoms with Gasteiger partial charge in [-0.25, -0.2) is 0 Å². The predicted octanol–water partition coefficient (Wildman–Crippen LogP) is 9.52. The van der Waals surface area contributed by atoms with Crippen LogP contribution in [0.4, 0.5) is 0 Å². The second kappa shape index (κ2) is 13.0. The molecule has 2 aromatic heterocycles. The van der Waals surface area contributed by atoms with Crippen molar-refractivity contribution in [2.75, 3.05) is 0 Å². The van der Waals surface area contributed by atoms with Crippen LogP contribution in [0.3, 0.4) is 0 Å². The zero-order valence-electron chi connectivity index (χ0n) is 29.9. The molecular weight excluding hydrogens is 856 g/mol. The minimum absolute atomic E-state index is 0. The number of ether oxygens (including phenoxy) is 2. The largest absolute Gasteiger partial charge is 2.00 e. The van der Waals surface area contributed by atoms with Crippen LogP contribution in [0.25, 0.3) is 61.3 Å². The summed E-state index contributed by atoms with van der Waals surface area (Å²) in [6, 6.07) is 55.7. The summed E-state index contributed by atoms with van der Waals surface area (Å²) >= 11 is 0. The number of rotatable bonds is 4. The van der Waals surface area contributed by atoms with Gasteiger partial charge in [0.25, 0.3) is 0 Å². The van der Waals surface area contributed by atoms with E-state index < -0.39 is 0 Å². The van der Waals surface area contributed by atoms with Crippen molar-refractivity contribution in [1.82, 2.24) is 14.5 Å². The van der Waals surface area contributed by atoms with Crippen LogP contribution < -0.4 is 25.9 Å². The molecule has 0 bridgehead atoms. The first-order chi connectivity index (χ1) is 26.6. The molecule has 55 heavy (non-hydrogen) atoms. The summed E-state index contributed by atoms with van der Waals surface area (Å²) in [5, 5.41) is 2.42. The van der Waals surface area contributed by atoms with Gasteiger partial charge in [0, 0.05) is 28.8 Å². The molecule has 0 amide bonds. The molecule has 0 saturated heterocycles. The molecule has 0 fully saturated rings. The Balaban J connectivity index is 0.00000372. The molecule has 9 aromatic rings. The molecule has 0 atom stereocenters. The fourth-order valence-electron chi connectivity index (χ4n) is 8.35. The SMILES string of the molecule is Cc1cccc(C)c1-n1c(-c2[c-]c3c(cc2)Oc2cccc4c2B3c2[c-]c(-c3cc(-c5cccc6ccccc56)ccn3)ccc2O4)nc2ccccc21.[Pt+2]. The summed E-state index contributed by atoms with van der Waals surface area (Å²) in [6.07, 6.45) is 1.88. The van der Waals surface area contributed by atoms with Crippen LogP contribution in [0.5, 0.6) is 23.0 Å². The van der Waals surface area contributed by atoms with Crippen LogP contribution in [0, 0.1) is 26.0 Å². The summed E-state index contributed by atoms with van der Waals surface area (Å²) in [6.45, 7) is 4.08. The number of benzene rings is 7. The van der Waals surface area contributed by atoms with Gasteiger partial charge in [0.15, 0.2) is 0 Å². The quantitative estimate of drug-likeness (QED) is 0.131. The Morgan fingerprint density at radius 2 is 1.27 bits per heavy atom. The summed E-state index contributed by atoms with van der Waals surface area (Å²) in [4.78, 5) is 10.1. The first-order valence-corrected chi connectivity index (χ1v) is 18.2. The Hall–Kier alpha value is -6.23. The molecule has 0 N–H and O–H groups in total. The fourth-order valence-corrected chi connectivity index (χ4v) is 8.35. The fraction of sp³-hybridized carbons (Fsp3) is 0.0417. The van der Waals surface area contributed by atoms with Crippen LogP contribution in [0.15, 0.2) is 146 Å². The van der Waals surface area contributed by atoms with E-state index >= 15 is 0 Å². The van der Waals surface area contributed by atoms with E-state index in [1.807, 2.05) is 36.5 Å². The number of aromatic nitrogens is 3. The second-order valence-electron chi connectivity index (χ2n) is 14.1. The van der Waals surface area contributed by atoms with Gasteiger partial charge in [-0.2, -0.15) is 0 Å². The van der Waals surface area contributed by atoms with Gasteiger partial charge < -0.3 is 19.0 Å². The van der Waals surface area contributed by atoms with Gasteiger partial charge in [-0.1, -0.05) is 84.9 Å². The standard InChI is InChI=1S/C48H30BN3O2.Pt/c1-29-10-7-11-30(2)47(29)52-41-17-6-5-16-39(41)51-48(52)34-21-23-43-38(27-34)49-37-26-33(20-22-42(37)53-44-18-9-19-45(54-43)46(44)49)40-28-32(24-25-50-40)36-15-8-13-31-12-3-4-14-35(31)36;/h3-25,28H,1-2H3;/q-2;+2. The molecular formula is C48H30BN3O2Pt. The van der Waals surface area contributed by atoms with Crippen molar-refractivity contribution in [3.63, 3.8) is 0 Å². The Morgan fingerprint density at radius 3 is 2.07 bits per heavy atom. The third-order valence-corrected chi connectivity index (χ3v) is 10.8. The maximum absolute atomic E-state index is 6.59. The summed E-state index contributed by atoms with van der Waals surface area (Å²) < 4.78 is 15.4. The molecule has 0 saturated carbocycles. The average Bonchev–Trinajstić information content (AvgIpc) is 3.59. The minimum Gasteiger partial charge on any atom is -0.503 e. The number of para-hydroxylation sites is 3. The van der Waals surface area contributed by atoms with Gasteiger partial charge in [-0.3, -0.25) is 4.98 Å². The van der Waals surface area contributed by atoms with Crippen LogP contribution in [-0.4, -0.2) is 21.2 Å². The smallest absolute Gasteiger partial charge is 0.503 e. The molecule has 4 heterocycles. The molecule has 2 aliphatic rings. The van der Waals surface area contributed by atoms with Gasteiger partial charge in [-0.15, -0.1) is 58.5 Å². The third kappa shape index (κ3) is 5.27. The second-order valence-corrected chi connectivity index (χ2v) is 14.1. The van der Waals surface area contributed by atoms with Gasteiger partial charge in [0.1, 0.15) is 11.5 Å². The maximum atomic E-state index is 6.59. The van der Waals surface area contributed by atoms with E-state index in [2.05, 4.69) is 140 Å². The van der Waals surface area contributed by atoms with Gasteiger partial charge in [-0.05, 0) is 82.9 Å². The van der Waals surface area contributed by atoms with Crippen LogP contribution in [-0.2, 0) is 21.1 Å². The van der Waals surface area contributed by atoms with E-state index in [4.69, 9.17) is 19.4 Å². The maximum Gasteiger partial charge on any atom is 2.00 e. The Morgan fingerprint density at radius 1 is 0.618 bits per heavy atom. The average molecular weight is 887 g/mol. The minimum atomic E-state index is -0.233. The molecule has 2 aliphatic heterocycles. The van der Waals surface area contributed by atoms with Gasteiger partial charge in [0.05, 0.1) is 16.9 Å². The van der Waals surface area contributed by atoms with Crippen LogP contribution in [0.2, 0.25) is 0 Å². The van der Waals surface area contributed by atoms with Gasteiger partial charge >= 0.3 is 21.1 Å². The Kier molecular flexibility index (Phi) is 7.86. The third-order valence-electron chi connectivity index (χ3n) is 10.8. The Bertz CT molecular complexity index is 2970. The zero-order chi connectivity index (χ0) is 35.9. The van der Waals surface area contributed by atoms with Crippen molar-refractivity contribution in [2.24, 2.45) is 0 Å². The van der Waals surface area contributed by atoms with Crippen LogP contribution >= 0.6 is 0 Å². The molecule has 11 rings (SSSR count). The van der Waals surface area contributed by atoms with Crippen molar-refractivity contribution in [3.05, 3.63) is 169 Å². The topological polar surface area (TPSA) is 49.2 Å². The molecule has 0 unspecified atom stereocenters. The van der Waals surface area contributed by atoms with Crippen molar-refractivity contribution in [3.8, 4) is 62.5 Å². The molecule has 7 heteroatoms. The molecule has 5 nitrogen and oxygen atoms in total. The van der Waals surface area contributed by atoms with E-state index in [1.54, 1.807) is 0 Å². The number of fused-ring (bicyclic) bond motifs is 6. The Labute approximate surface area is 333 Å². The number of hydrogen-bond donors (Lipinski definition) is 0. The van der Waals surface area contributed by atoms with E-state index in [0.29, 0.717) is 0 Å². The summed E-state index contributed by atoms with van der Waals surface area (Å²) in [5.74, 6) is 3.89. The molecule has 7 aromatic carbocycles. The summed E-state index contributed by atoms with van der Waals surface area (Å²) in [7, 11) is 0. The molecule has 0 radical (unpaired) electrons. The van der Waals surface area contributed by atoms with E-state index in [-0.39, 0.29) is 27.8 Å². The number of aryl methyl sites for hydroxylation is 2. The van der Waals surface area contributed by atoms with Gasteiger partial charge in [0.2, 0.25) is 6.71 Å². The number of imidazole rings is 1. The summed E-state index contributed by atoms with van der Waals surface area (Å²) in [5.41, 5.74) is 13.2. The zero-order valence-corrected chi connectivity index (χ0v) is 32.2. The van der Waals surface area contributed by atoms with Crippen molar-refractivity contribution in [2.45, 2.75) is 13.8 Å². The molecule has 262 valence electrons. The first kappa shape index (κ1) is 33.4. The predicted molar refractivity (Wildman–Crippen MR) is 218 cm³/mol.